The van der Waals surface area contributed by atoms with Gasteiger partial charge in [-0.3, -0.25) is 0 Å². The van der Waals surface area contributed by atoms with Crippen molar-refractivity contribution in [3.63, 3.8) is 0 Å². The third-order valence-corrected chi connectivity index (χ3v) is 3.58. The summed E-state index contributed by atoms with van der Waals surface area (Å²) in [6.45, 7) is 8.03. The molecule has 0 aliphatic rings. The Kier molecular flexibility index (Phi) is 14.0. The summed E-state index contributed by atoms with van der Waals surface area (Å²) in [5.41, 5.74) is 0. The van der Waals surface area contributed by atoms with E-state index in [4.69, 9.17) is 0 Å². The van der Waals surface area contributed by atoms with Crippen LogP contribution in [-0.2, 0) is 0 Å². The topological polar surface area (TPSA) is 12.0 Å². The lowest BCUT2D eigenvalue weighted by molar-refractivity contribution is 0.442. The molecule has 104 valence electrons. The fourth-order valence-electron chi connectivity index (χ4n) is 2.32. The van der Waals surface area contributed by atoms with Gasteiger partial charge in [-0.15, -0.1) is 0 Å². The summed E-state index contributed by atoms with van der Waals surface area (Å²) in [7, 11) is 0. The monoisotopic (exact) mass is 241 g/mol. The van der Waals surface area contributed by atoms with Crippen molar-refractivity contribution < 1.29 is 0 Å². The first kappa shape index (κ1) is 17.0. The minimum atomic E-state index is 0.773. The largest absolute Gasteiger partial charge is 0.314 e. The van der Waals surface area contributed by atoms with Crippen LogP contribution < -0.4 is 5.32 Å². The molecule has 0 heterocycles. The van der Waals surface area contributed by atoms with E-state index in [1.807, 2.05) is 0 Å². The molecule has 0 aliphatic heterocycles. The molecule has 0 saturated heterocycles. The Hall–Kier alpha value is -0.0400. The van der Waals surface area contributed by atoms with Gasteiger partial charge in [0.25, 0.3) is 0 Å². The molecule has 0 radical (unpaired) electrons. The van der Waals surface area contributed by atoms with E-state index in [0.29, 0.717) is 0 Å². The Morgan fingerprint density at radius 1 is 0.706 bits per heavy atom. The second-order valence-corrected chi connectivity index (χ2v) is 5.32. The summed E-state index contributed by atoms with van der Waals surface area (Å²) in [5.74, 6) is 0. The molecule has 1 nitrogen and oxygen atoms in total. The Morgan fingerprint density at radius 3 is 1.82 bits per heavy atom. The van der Waals surface area contributed by atoms with Gasteiger partial charge in [-0.1, -0.05) is 72.1 Å². The van der Waals surface area contributed by atoms with E-state index in [1.165, 1.54) is 77.2 Å². The fourth-order valence-corrected chi connectivity index (χ4v) is 2.32. The highest BCUT2D eigenvalue weighted by Crippen LogP contribution is 2.11. The molecule has 0 aromatic carbocycles. The van der Waals surface area contributed by atoms with E-state index < -0.39 is 0 Å². The predicted octanol–water partition coefficient (Wildman–Crippen LogP) is 5.30. The van der Waals surface area contributed by atoms with Gasteiger partial charge < -0.3 is 5.32 Å². The minimum absolute atomic E-state index is 0.773. The summed E-state index contributed by atoms with van der Waals surface area (Å²) < 4.78 is 0. The summed E-state index contributed by atoms with van der Waals surface area (Å²) in [5, 5.41) is 3.64. The zero-order valence-electron chi connectivity index (χ0n) is 12.6. The van der Waals surface area contributed by atoms with Crippen molar-refractivity contribution in [3.8, 4) is 0 Å². The van der Waals surface area contributed by atoms with Gasteiger partial charge in [0.15, 0.2) is 0 Å². The average Bonchev–Trinajstić information content (AvgIpc) is 2.36. The molecule has 17 heavy (non-hydrogen) atoms. The fraction of sp³-hybridized carbons (Fsp3) is 1.00. The second-order valence-electron chi connectivity index (χ2n) is 5.32. The van der Waals surface area contributed by atoms with Crippen LogP contribution in [0, 0.1) is 0 Å². The Labute approximate surface area is 110 Å². The highest BCUT2D eigenvalue weighted by atomic mass is 14.9. The lowest BCUT2D eigenvalue weighted by Gasteiger charge is -2.16. The van der Waals surface area contributed by atoms with Crippen LogP contribution in [0.2, 0.25) is 0 Å². The Balaban J connectivity index is 3.19. The SMILES string of the molecule is CCCCCCCCCCC(CC)NCCC. The zero-order chi connectivity index (χ0) is 12.8. The Bertz CT molecular complexity index is 133. The summed E-state index contributed by atoms with van der Waals surface area (Å²) in [6, 6.07) is 0.773. The van der Waals surface area contributed by atoms with Crippen molar-refractivity contribution in [1.29, 1.82) is 0 Å². The summed E-state index contributed by atoms with van der Waals surface area (Å²) >= 11 is 0. The van der Waals surface area contributed by atoms with Crippen LogP contribution in [-0.4, -0.2) is 12.6 Å². The Morgan fingerprint density at radius 2 is 1.29 bits per heavy atom. The zero-order valence-corrected chi connectivity index (χ0v) is 12.6. The smallest absolute Gasteiger partial charge is 0.00644 e. The van der Waals surface area contributed by atoms with Gasteiger partial charge in [-0.05, 0) is 25.8 Å². The molecule has 1 unspecified atom stereocenters. The quantitative estimate of drug-likeness (QED) is 0.432. The minimum Gasteiger partial charge on any atom is -0.314 e. The van der Waals surface area contributed by atoms with Gasteiger partial charge in [0.2, 0.25) is 0 Å². The molecule has 0 spiro atoms. The maximum atomic E-state index is 3.64. The molecular weight excluding hydrogens is 206 g/mol. The standard InChI is InChI=1S/C16H35N/c1-4-7-8-9-10-11-12-13-14-16(6-3)17-15-5-2/h16-17H,4-15H2,1-3H3. The average molecular weight is 241 g/mol. The second kappa shape index (κ2) is 14.0. The van der Waals surface area contributed by atoms with Crippen molar-refractivity contribution in [2.75, 3.05) is 6.54 Å². The third kappa shape index (κ3) is 12.2. The van der Waals surface area contributed by atoms with Gasteiger partial charge >= 0.3 is 0 Å². The van der Waals surface area contributed by atoms with Crippen LogP contribution in [0.3, 0.4) is 0 Å². The first-order valence-corrected chi connectivity index (χ1v) is 8.08. The molecule has 0 bridgehead atoms. The van der Waals surface area contributed by atoms with Gasteiger partial charge in [0.05, 0.1) is 0 Å². The van der Waals surface area contributed by atoms with Crippen molar-refractivity contribution >= 4 is 0 Å². The number of rotatable bonds is 13. The first-order valence-electron chi connectivity index (χ1n) is 8.08. The van der Waals surface area contributed by atoms with Crippen molar-refractivity contribution in [2.45, 2.75) is 97.4 Å². The van der Waals surface area contributed by atoms with Crippen LogP contribution in [0.15, 0.2) is 0 Å². The molecular formula is C16H35N. The van der Waals surface area contributed by atoms with Crippen LogP contribution in [0.1, 0.15) is 91.4 Å². The van der Waals surface area contributed by atoms with Gasteiger partial charge in [0, 0.05) is 6.04 Å². The molecule has 0 aromatic rings. The first-order chi connectivity index (χ1) is 8.35. The number of hydrogen-bond donors (Lipinski definition) is 1. The molecule has 0 aliphatic carbocycles. The molecule has 1 N–H and O–H groups in total. The molecule has 1 atom stereocenters. The summed E-state index contributed by atoms with van der Waals surface area (Å²) in [4.78, 5) is 0. The molecule has 0 rings (SSSR count). The van der Waals surface area contributed by atoms with Crippen LogP contribution in [0.5, 0.6) is 0 Å². The van der Waals surface area contributed by atoms with Crippen molar-refractivity contribution in [2.24, 2.45) is 0 Å². The molecule has 0 saturated carbocycles. The van der Waals surface area contributed by atoms with Crippen LogP contribution in [0.25, 0.3) is 0 Å². The number of nitrogens with one attached hydrogen (secondary N) is 1. The highest BCUT2D eigenvalue weighted by molar-refractivity contribution is 4.64. The third-order valence-electron chi connectivity index (χ3n) is 3.58. The predicted molar refractivity (Wildman–Crippen MR) is 79.6 cm³/mol. The van der Waals surface area contributed by atoms with Crippen LogP contribution >= 0.6 is 0 Å². The maximum absolute atomic E-state index is 3.64. The molecule has 1 heteroatoms. The molecule has 0 aromatic heterocycles. The highest BCUT2D eigenvalue weighted by Gasteiger charge is 2.03. The van der Waals surface area contributed by atoms with Gasteiger partial charge in [-0.2, -0.15) is 0 Å². The molecule has 0 amide bonds. The van der Waals surface area contributed by atoms with Gasteiger partial charge in [0.1, 0.15) is 0 Å². The van der Waals surface area contributed by atoms with E-state index >= 15 is 0 Å². The van der Waals surface area contributed by atoms with E-state index in [9.17, 15) is 0 Å². The van der Waals surface area contributed by atoms with E-state index in [-0.39, 0.29) is 0 Å². The van der Waals surface area contributed by atoms with E-state index in [1.54, 1.807) is 0 Å². The van der Waals surface area contributed by atoms with Gasteiger partial charge in [-0.25, -0.2) is 0 Å². The lowest BCUT2D eigenvalue weighted by atomic mass is 10.0. The van der Waals surface area contributed by atoms with E-state index in [2.05, 4.69) is 26.1 Å². The molecule has 0 fully saturated rings. The number of hydrogen-bond acceptors (Lipinski definition) is 1. The lowest BCUT2D eigenvalue weighted by Crippen LogP contribution is -2.28. The van der Waals surface area contributed by atoms with Crippen LogP contribution in [0.4, 0.5) is 0 Å². The number of unbranched alkanes of at least 4 members (excludes halogenated alkanes) is 7. The van der Waals surface area contributed by atoms with Crippen molar-refractivity contribution in [1.82, 2.24) is 5.32 Å². The maximum Gasteiger partial charge on any atom is 0.00644 e. The summed E-state index contributed by atoms with van der Waals surface area (Å²) in [6.07, 6.45) is 15.4. The van der Waals surface area contributed by atoms with Crippen molar-refractivity contribution in [3.05, 3.63) is 0 Å². The normalized spacial score (nSPS) is 12.9. The van der Waals surface area contributed by atoms with E-state index in [0.717, 1.165) is 6.04 Å².